The molecule has 0 fully saturated rings. The molecule has 0 aromatic heterocycles. The van der Waals surface area contributed by atoms with Gasteiger partial charge in [0.1, 0.15) is 0 Å². The van der Waals surface area contributed by atoms with Gasteiger partial charge >= 0.3 is 0 Å². The summed E-state index contributed by atoms with van der Waals surface area (Å²) in [4.78, 5) is 22.4. The number of nitro benzene ring substituents is 1. The lowest BCUT2D eigenvalue weighted by molar-refractivity contribution is -0.384. The fourth-order valence-corrected chi connectivity index (χ4v) is 2.71. The second kappa shape index (κ2) is 6.00. The van der Waals surface area contributed by atoms with Gasteiger partial charge in [0.25, 0.3) is 5.69 Å². The van der Waals surface area contributed by atoms with E-state index in [9.17, 15) is 14.9 Å². The van der Waals surface area contributed by atoms with Crippen molar-refractivity contribution < 1.29 is 9.72 Å². The van der Waals surface area contributed by atoms with Gasteiger partial charge in [0, 0.05) is 31.0 Å². The predicted octanol–water partition coefficient (Wildman–Crippen LogP) is 3.29. The van der Waals surface area contributed by atoms with Gasteiger partial charge in [-0.05, 0) is 5.56 Å². The first-order valence-corrected chi connectivity index (χ1v) is 7.23. The highest BCUT2D eigenvalue weighted by Crippen LogP contribution is 2.33. The van der Waals surface area contributed by atoms with Crippen molar-refractivity contribution in [3.8, 4) is 0 Å². The smallest absolute Gasteiger partial charge is 0.270 e. The number of carbonyl (C=O) groups is 1. The molecule has 0 bridgehead atoms. The molecule has 0 N–H and O–H groups in total. The van der Waals surface area contributed by atoms with E-state index in [0.29, 0.717) is 17.7 Å². The first-order chi connectivity index (χ1) is 11.1. The summed E-state index contributed by atoms with van der Waals surface area (Å²) in [6.45, 7) is 1.47. The second-order valence-corrected chi connectivity index (χ2v) is 5.35. The topological polar surface area (TPSA) is 75.8 Å². The van der Waals surface area contributed by atoms with Gasteiger partial charge < -0.3 is 0 Å². The zero-order chi connectivity index (χ0) is 16.4. The van der Waals surface area contributed by atoms with Crippen LogP contribution in [0.2, 0.25) is 0 Å². The third-order valence-electron chi connectivity index (χ3n) is 3.81. The maximum Gasteiger partial charge on any atom is 0.270 e. The average molecular weight is 309 g/mol. The van der Waals surface area contributed by atoms with Crippen LogP contribution in [-0.2, 0) is 4.79 Å². The first kappa shape index (κ1) is 14.9. The molecule has 0 saturated carbocycles. The SMILES string of the molecule is CC(=O)N1N=C(c2cccc([N+](=O)[O-])c2)C[C@H]1c1ccccc1. The molecular weight excluding hydrogens is 294 g/mol. The van der Waals surface area contributed by atoms with Crippen molar-refractivity contribution in [1.82, 2.24) is 5.01 Å². The predicted molar refractivity (Wildman–Crippen MR) is 86.0 cm³/mol. The van der Waals surface area contributed by atoms with Crippen LogP contribution >= 0.6 is 0 Å². The van der Waals surface area contributed by atoms with Crippen molar-refractivity contribution in [3.05, 3.63) is 75.8 Å². The molecule has 0 radical (unpaired) electrons. The largest absolute Gasteiger partial charge is 0.273 e. The first-order valence-electron chi connectivity index (χ1n) is 7.23. The number of amides is 1. The van der Waals surface area contributed by atoms with Gasteiger partial charge in [0.15, 0.2) is 0 Å². The summed E-state index contributed by atoms with van der Waals surface area (Å²) in [6.07, 6.45) is 0.533. The Bertz CT molecular complexity index is 787. The van der Waals surface area contributed by atoms with E-state index in [1.807, 2.05) is 30.3 Å². The fourth-order valence-electron chi connectivity index (χ4n) is 2.71. The van der Waals surface area contributed by atoms with E-state index < -0.39 is 4.92 Å². The van der Waals surface area contributed by atoms with E-state index in [1.54, 1.807) is 12.1 Å². The maximum atomic E-state index is 11.9. The number of rotatable bonds is 3. The van der Waals surface area contributed by atoms with E-state index in [1.165, 1.54) is 24.1 Å². The molecule has 116 valence electrons. The summed E-state index contributed by atoms with van der Waals surface area (Å²) < 4.78 is 0. The molecule has 1 heterocycles. The molecule has 6 heteroatoms. The molecule has 0 aliphatic carbocycles. The molecule has 3 rings (SSSR count). The summed E-state index contributed by atoms with van der Waals surface area (Å²) in [5.74, 6) is -0.153. The molecular formula is C17H15N3O3. The van der Waals surface area contributed by atoms with Gasteiger partial charge in [-0.1, -0.05) is 42.5 Å². The molecule has 0 unspecified atom stereocenters. The van der Waals surface area contributed by atoms with Gasteiger partial charge in [-0.3, -0.25) is 14.9 Å². The lowest BCUT2D eigenvalue weighted by Crippen LogP contribution is -2.24. The minimum Gasteiger partial charge on any atom is -0.273 e. The Kier molecular flexibility index (Phi) is 3.89. The van der Waals surface area contributed by atoms with Gasteiger partial charge in [0.2, 0.25) is 5.91 Å². The minimum absolute atomic E-state index is 0.0164. The highest BCUT2D eigenvalue weighted by molar-refractivity contribution is 6.03. The number of nitrogens with zero attached hydrogens (tertiary/aromatic N) is 3. The number of nitro groups is 1. The molecule has 1 atom stereocenters. The van der Waals surface area contributed by atoms with Gasteiger partial charge in [0.05, 0.1) is 16.7 Å². The van der Waals surface area contributed by atoms with Crippen LogP contribution in [0.5, 0.6) is 0 Å². The van der Waals surface area contributed by atoms with Crippen LogP contribution in [0.1, 0.15) is 30.5 Å². The summed E-state index contributed by atoms with van der Waals surface area (Å²) in [5, 5.41) is 16.8. The third-order valence-corrected chi connectivity index (χ3v) is 3.81. The zero-order valence-electron chi connectivity index (χ0n) is 12.5. The quantitative estimate of drug-likeness (QED) is 0.645. The molecule has 1 amide bonds. The van der Waals surface area contributed by atoms with Crippen molar-refractivity contribution in [2.24, 2.45) is 5.10 Å². The second-order valence-electron chi connectivity index (χ2n) is 5.35. The number of carbonyl (C=O) groups excluding carboxylic acids is 1. The van der Waals surface area contributed by atoms with Crippen LogP contribution in [0.4, 0.5) is 5.69 Å². The third kappa shape index (κ3) is 2.96. The lowest BCUT2D eigenvalue weighted by Gasteiger charge is -2.20. The highest BCUT2D eigenvalue weighted by Gasteiger charge is 2.31. The van der Waals surface area contributed by atoms with Crippen LogP contribution < -0.4 is 0 Å². The lowest BCUT2D eigenvalue weighted by atomic mass is 9.98. The van der Waals surface area contributed by atoms with Crippen LogP contribution in [0, 0.1) is 10.1 Å². The van der Waals surface area contributed by atoms with Crippen molar-refractivity contribution in [3.63, 3.8) is 0 Å². The normalized spacial score (nSPS) is 17.0. The van der Waals surface area contributed by atoms with Crippen molar-refractivity contribution in [2.75, 3.05) is 0 Å². The van der Waals surface area contributed by atoms with Crippen LogP contribution in [-0.4, -0.2) is 21.6 Å². The summed E-state index contributed by atoms with van der Waals surface area (Å²) in [7, 11) is 0. The Morgan fingerprint density at radius 3 is 2.61 bits per heavy atom. The molecule has 1 aliphatic heterocycles. The van der Waals surface area contributed by atoms with Crippen LogP contribution in [0.3, 0.4) is 0 Å². The number of non-ortho nitro benzene ring substituents is 1. The fraction of sp³-hybridized carbons (Fsp3) is 0.176. The molecule has 2 aromatic rings. The number of benzene rings is 2. The van der Waals surface area contributed by atoms with Crippen molar-refractivity contribution >= 4 is 17.3 Å². The van der Waals surface area contributed by atoms with Crippen molar-refractivity contribution in [1.29, 1.82) is 0 Å². The number of hydrogen-bond acceptors (Lipinski definition) is 4. The standard InChI is InChI=1S/C17H15N3O3/c1-12(21)19-17(13-6-3-2-4-7-13)11-16(18-19)14-8-5-9-15(10-14)20(22)23/h2-10,17H,11H2,1H3/t17-/m0/s1. The van der Waals surface area contributed by atoms with E-state index >= 15 is 0 Å². The Morgan fingerprint density at radius 2 is 1.96 bits per heavy atom. The van der Waals surface area contributed by atoms with E-state index in [-0.39, 0.29) is 17.6 Å². The number of hydrogen-bond donors (Lipinski definition) is 0. The highest BCUT2D eigenvalue weighted by atomic mass is 16.6. The zero-order valence-corrected chi connectivity index (χ0v) is 12.5. The molecule has 0 saturated heterocycles. The van der Waals surface area contributed by atoms with Gasteiger partial charge in [-0.25, -0.2) is 5.01 Å². The summed E-state index contributed by atoms with van der Waals surface area (Å²) in [5.41, 5.74) is 2.36. The van der Waals surface area contributed by atoms with Crippen molar-refractivity contribution in [2.45, 2.75) is 19.4 Å². The maximum absolute atomic E-state index is 11.9. The molecule has 0 spiro atoms. The number of hydrazone groups is 1. The Morgan fingerprint density at radius 1 is 1.22 bits per heavy atom. The summed E-state index contributed by atoms with van der Waals surface area (Å²) in [6, 6.07) is 15.8. The summed E-state index contributed by atoms with van der Waals surface area (Å²) >= 11 is 0. The molecule has 23 heavy (non-hydrogen) atoms. The van der Waals surface area contributed by atoms with Crippen LogP contribution in [0.25, 0.3) is 0 Å². The van der Waals surface area contributed by atoms with E-state index in [4.69, 9.17) is 0 Å². The van der Waals surface area contributed by atoms with E-state index in [0.717, 1.165) is 5.56 Å². The average Bonchev–Trinajstić information content (AvgIpc) is 3.01. The molecule has 2 aromatic carbocycles. The Balaban J connectivity index is 1.96. The van der Waals surface area contributed by atoms with Crippen LogP contribution in [0.15, 0.2) is 59.7 Å². The molecule has 1 aliphatic rings. The minimum atomic E-state index is -0.434. The van der Waals surface area contributed by atoms with Gasteiger partial charge in [-0.15, -0.1) is 0 Å². The Labute approximate surface area is 133 Å². The Hall–Kier alpha value is -3.02. The molecule has 6 nitrogen and oxygen atoms in total. The van der Waals surface area contributed by atoms with Gasteiger partial charge in [-0.2, -0.15) is 5.10 Å². The monoisotopic (exact) mass is 309 g/mol. The van der Waals surface area contributed by atoms with E-state index in [2.05, 4.69) is 5.10 Å².